The third kappa shape index (κ3) is 22.7. The Morgan fingerprint density at radius 3 is 1.27 bits per heavy atom. The van der Waals surface area contributed by atoms with Gasteiger partial charge in [-0.25, -0.2) is 0 Å². The highest BCUT2D eigenvalue weighted by Crippen LogP contribution is 2.24. The zero-order valence-electron chi connectivity index (χ0n) is 55.8. The van der Waals surface area contributed by atoms with E-state index in [4.69, 9.17) is 0 Å². The first kappa shape index (κ1) is 77.6. The smallest absolute Gasteiger partial charge is 0.248 e. The van der Waals surface area contributed by atoms with E-state index in [1.807, 2.05) is 69.2 Å². The first-order chi connectivity index (χ1) is 39.6. The van der Waals surface area contributed by atoms with Crippen molar-refractivity contribution in [1.29, 1.82) is 0 Å². The van der Waals surface area contributed by atoms with Crippen LogP contribution >= 0.6 is 0 Å². The summed E-state index contributed by atoms with van der Waals surface area (Å²) in [5, 5.41) is 36.7. The number of carbonyl (C=O) groups is 11. The predicted molar refractivity (Wildman–Crippen MR) is 330 cm³/mol. The summed E-state index contributed by atoms with van der Waals surface area (Å²) in [6.45, 7) is 30.8. The van der Waals surface area contributed by atoms with Gasteiger partial charge in [-0.2, -0.15) is 0 Å². The van der Waals surface area contributed by atoms with Crippen LogP contribution in [-0.4, -0.2) is 226 Å². The van der Waals surface area contributed by atoms with Crippen molar-refractivity contribution in [2.24, 2.45) is 35.5 Å². The molecule has 7 N–H and O–H groups in total. The third-order valence-corrected chi connectivity index (χ3v) is 15.4. The molecule has 1 rings (SSSR count). The van der Waals surface area contributed by atoms with Gasteiger partial charge in [0.1, 0.15) is 66.5 Å². The second-order valence-corrected chi connectivity index (χ2v) is 26.0. The number of nitrogens with one attached hydrogen (secondary N) is 5. The van der Waals surface area contributed by atoms with Crippen molar-refractivity contribution in [3.05, 3.63) is 24.3 Å². The maximum atomic E-state index is 15.0. The summed E-state index contributed by atoms with van der Waals surface area (Å²) in [5.74, 6) is -9.95. The fraction of sp³-hybridized carbons (Fsp3) is 0.758. The molecule has 1 aliphatic rings. The van der Waals surface area contributed by atoms with E-state index in [2.05, 4.69) is 33.2 Å². The molecule has 1 heterocycles. The lowest BCUT2D eigenvalue weighted by Gasteiger charge is -2.40. The van der Waals surface area contributed by atoms with E-state index in [1.54, 1.807) is 32.9 Å². The summed E-state index contributed by atoms with van der Waals surface area (Å²) in [6.07, 6.45) is 0.594. The van der Waals surface area contributed by atoms with Gasteiger partial charge in [-0.1, -0.05) is 102 Å². The second-order valence-electron chi connectivity index (χ2n) is 26.0. The summed E-state index contributed by atoms with van der Waals surface area (Å²) < 4.78 is 0. The zero-order chi connectivity index (χ0) is 66.7. The van der Waals surface area contributed by atoms with Crippen LogP contribution in [0.15, 0.2) is 24.3 Å². The molecule has 0 saturated carbocycles. The van der Waals surface area contributed by atoms with Crippen LogP contribution in [0.2, 0.25) is 0 Å². The van der Waals surface area contributed by atoms with E-state index >= 15 is 4.79 Å². The molecule has 11 amide bonds. The minimum atomic E-state index is -1.83. The largest absolute Gasteiger partial charge is 0.391 e. The van der Waals surface area contributed by atoms with Crippen LogP contribution in [0.1, 0.15) is 149 Å². The number of carbonyl (C=O) groups excluding carboxylic acids is 11. The molecule has 0 aliphatic carbocycles. The minimum absolute atomic E-state index is 0.0628. The molecule has 490 valence electrons. The quantitative estimate of drug-likeness (QED) is 0.109. The van der Waals surface area contributed by atoms with Crippen molar-refractivity contribution in [3.8, 4) is 0 Å². The number of allylic oxidation sites excluding steroid dienone is 2. The Labute approximate surface area is 512 Å². The molecule has 0 bridgehead atoms. The lowest BCUT2D eigenvalue weighted by atomic mass is 9.94. The number of aliphatic hydroxyl groups excluding tert-OH is 2. The maximum Gasteiger partial charge on any atom is 0.248 e. The standard InChI is InChI=1S/C62H109N11O13/c1-24-25-26-39(14)52(76)51-57(81)67-49(42(17)74)61(85)68(18)32-48(75)69(19)45(29-35(6)7)55(79)65-43(27-33(2)3)59(83)71(21)46(30-36(8)9)54(78)63-40(15)53(77)64-41(16)58(82)70(20)47(31-37(10)11)56(80)66-44(28-34(4)5)60(84)72(22)50(38(12)13)62(86)73(51)23/h24-25,33-38,40-47,49-52,74,76H,14,26-32H2,1-13,15-23H3,(H,63,78)(H,64,77)(H,65,79)(H,66,80)(H,67,81)/t40-,41+,42+,43-,44-,45-,46-,47-,49-,50-,51-,52+/m0/s1. The number of hydrogen-bond acceptors (Lipinski definition) is 13. The number of nitrogens with zero attached hydrogens (tertiary/aromatic N) is 6. The summed E-state index contributed by atoms with van der Waals surface area (Å²) in [4.78, 5) is 166. The Morgan fingerprint density at radius 2 is 0.860 bits per heavy atom. The van der Waals surface area contributed by atoms with E-state index in [0.717, 1.165) is 19.6 Å². The van der Waals surface area contributed by atoms with Crippen molar-refractivity contribution in [2.75, 3.05) is 48.8 Å². The molecule has 24 heteroatoms. The van der Waals surface area contributed by atoms with E-state index in [1.165, 1.54) is 72.9 Å². The highest BCUT2D eigenvalue weighted by molar-refractivity contribution is 5.99. The van der Waals surface area contributed by atoms with Crippen LogP contribution in [0.4, 0.5) is 0 Å². The van der Waals surface area contributed by atoms with E-state index < -0.39 is 150 Å². The van der Waals surface area contributed by atoms with Crippen LogP contribution in [0, 0.1) is 35.5 Å². The molecule has 1 fully saturated rings. The van der Waals surface area contributed by atoms with Crippen molar-refractivity contribution < 1.29 is 63.0 Å². The van der Waals surface area contributed by atoms with E-state index in [-0.39, 0.29) is 73.7 Å². The van der Waals surface area contributed by atoms with Crippen LogP contribution < -0.4 is 26.6 Å². The molecule has 0 radical (unpaired) electrons. The molecule has 0 aromatic carbocycles. The molecule has 24 nitrogen and oxygen atoms in total. The van der Waals surface area contributed by atoms with Gasteiger partial charge in [0.15, 0.2) is 0 Å². The second kappa shape index (κ2) is 35.4. The Kier molecular flexibility index (Phi) is 31.9. The highest BCUT2D eigenvalue weighted by atomic mass is 16.3. The molecular weight excluding hydrogens is 1110 g/mol. The van der Waals surface area contributed by atoms with Gasteiger partial charge < -0.3 is 66.2 Å². The van der Waals surface area contributed by atoms with Crippen LogP contribution in [-0.2, 0) is 52.7 Å². The normalized spacial score (nSPS) is 26.6. The minimum Gasteiger partial charge on any atom is -0.391 e. The topological polar surface area (TPSA) is 308 Å². The fourth-order valence-corrected chi connectivity index (χ4v) is 10.4. The average Bonchev–Trinajstić information content (AvgIpc) is 2.17. The van der Waals surface area contributed by atoms with Gasteiger partial charge in [0.25, 0.3) is 0 Å². The van der Waals surface area contributed by atoms with Crippen molar-refractivity contribution in [1.82, 2.24) is 56.0 Å². The maximum absolute atomic E-state index is 15.0. The van der Waals surface area contributed by atoms with Gasteiger partial charge in [-0.05, 0) is 107 Å². The number of amides is 11. The first-order valence-electron chi connectivity index (χ1n) is 30.4. The molecule has 0 aromatic rings. The summed E-state index contributed by atoms with van der Waals surface area (Å²) >= 11 is 0. The van der Waals surface area contributed by atoms with Gasteiger partial charge in [-0.3, -0.25) is 52.7 Å². The zero-order valence-corrected chi connectivity index (χ0v) is 55.8. The van der Waals surface area contributed by atoms with Gasteiger partial charge in [-0.15, -0.1) is 0 Å². The summed E-state index contributed by atoms with van der Waals surface area (Å²) in [6, 6.07) is -13.4. The molecule has 0 spiro atoms. The third-order valence-electron chi connectivity index (χ3n) is 15.4. The molecule has 1 saturated heterocycles. The lowest BCUT2D eigenvalue weighted by molar-refractivity contribution is -0.153. The number of aliphatic hydroxyl groups is 2. The lowest BCUT2D eigenvalue weighted by Crippen LogP contribution is -2.64. The SMILES string of the molecule is C=C(CC=CC)[C@@H](O)[C@H]1C(=O)N[C@@H]([C@@H](C)O)C(=O)N(C)CC(=O)N(C)[C@@H](CC(C)C)C(=O)N[C@@H](CC(C)C)C(=O)N(C)[C@@H](CC(C)C)C(=O)N[C@@H](C)C(=O)N[C@H](C)C(=O)N(C)[C@@H](CC(C)C)C(=O)N[C@@H](CC(C)C)C(=O)N(C)[C@@H](C(C)C)C(=O)N1C. The van der Waals surface area contributed by atoms with E-state index in [0.29, 0.717) is 0 Å². The first-order valence-corrected chi connectivity index (χ1v) is 30.4. The predicted octanol–water partition coefficient (Wildman–Crippen LogP) is 2.21. The Hall–Kier alpha value is -6.43. The summed E-state index contributed by atoms with van der Waals surface area (Å²) in [5.41, 5.74) is 0.0950. The van der Waals surface area contributed by atoms with E-state index in [9.17, 15) is 58.2 Å². The molecule has 0 aromatic heterocycles. The summed E-state index contributed by atoms with van der Waals surface area (Å²) in [7, 11) is 8.06. The Balaban J connectivity index is 4.34. The molecule has 1 aliphatic heterocycles. The average molecular weight is 1220 g/mol. The number of hydrogen-bond donors (Lipinski definition) is 7. The van der Waals surface area contributed by atoms with Gasteiger partial charge >= 0.3 is 0 Å². The van der Waals surface area contributed by atoms with Crippen molar-refractivity contribution in [2.45, 2.75) is 222 Å². The Morgan fingerprint density at radius 1 is 0.477 bits per heavy atom. The molecule has 86 heavy (non-hydrogen) atoms. The highest BCUT2D eigenvalue weighted by Gasteiger charge is 2.45. The molecular formula is C62H109N11O13. The number of likely N-dealkylation sites (N-methyl/N-ethyl adjacent to an activating group) is 6. The Bertz CT molecular complexity index is 2390. The molecule has 0 unspecified atom stereocenters. The van der Waals surface area contributed by atoms with Gasteiger partial charge in [0.05, 0.1) is 12.6 Å². The van der Waals surface area contributed by atoms with Crippen LogP contribution in [0.5, 0.6) is 0 Å². The monoisotopic (exact) mass is 1220 g/mol. The fourth-order valence-electron chi connectivity index (χ4n) is 10.4. The van der Waals surface area contributed by atoms with Gasteiger partial charge in [0.2, 0.25) is 65.0 Å². The van der Waals surface area contributed by atoms with Crippen molar-refractivity contribution >= 4 is 65.0 Å². The van der Waals surface area contributed by atoms with Crippen LogP contribution in [0.25, 0.3) is 0 Å². The van der Waals surface area contributed by atoms with Gasteiger partial charge in [0, 0.05) is 42.3 Å². The van der Waals surface area contributed by atoms with Crippen LogP contribution in [0.3, 0.4) is 0 Å². The van der Waals surface area contributed by atoms with Crippen molar-refractivity contribution in [3.63, 3.8) is 0 Å². The molecule has 12 atom stereocenters. The number of rotatable bonds is 16.